The maximum atomic E-state index is 13.6. The minimum absolute atomic E-state index is 0.0548. The molecule has 3 nitrogen and oxygen atoms in total. The molecule has 0 bridgehead atoms. The summed E-state index contributed by atoms with van der Waals surface area (Å²) in [6.07, 6.45) is -4.16. The van der Waals surface area contributed by atoms with E-state index in [0.29, 0.717) is 25.8 Å². The van der Waals surface area contributed by atoms with Crippen LogP contribution in [-0.4, -0.2) is 25.0 Å². The second-order valence-corrected chi connectivity index (χ2v) is 7.71. The van der Waals surface area contributed by atoms with Crippen LogP contribution in [0.2, 0.25) is 10.0 Å². The number of allylic oxidation sites excluding steroid dienone is 2. The number of alkyl halides is 3. The molecular formula is C20H14Cl2F3NO2. The van der Waals surface area contributed by atoms with E-state index in [2.05, 4.69) is 5.32 Å². The number of fused-ring (bicyclic) bond motifs is 2. The monoisotopic (exact) mass is 427 g/mol. The van der Waals surface area contributed by atoms with Gasteiger partial charge in [-0.3, -0.25) is 4.79 Å². The van der Waals surface area contributed by atoms with Gasteiger partial charge in [-0.25, -0.2) is 0 Å². The predicted octanol–water partition coefficient (Wildman–Crippen LogP) is 5.15. The molecule has 0 amide bonds. The molecule has 2 aliphatic heterocycles. The molecule has 1 spiro atoms. The van der Waals surface area contributed by atoms with Gasteiger partial charge in [-0.15, -0.1) is 0 Å². The highest BCUT2D eigenvalue weighted by atomic mass is 35.5. The van der Waals surface area contributed by atoms with Crippen molar-refractivity contribution in [3.63, 3.8) is 0 Å². The normalized spacial score (nSPS) is 18.1. The van der Waals surface area contributed by atoms with Crippen LogP contribution in [-0.2, 0) is 16.9 Å². The number of carbonyl (C=O) groups is 1. The third-order valence-corrected chi connectivity index (χ3v) is 5.40. The third kappa shape index (κ3) is 3.46. The smallest absolute Gasteiger partial charge is 0.363 e. The first-order valence-electron chi connectivity index (χ1n) is 8.46. The van der Waals surface area contributed by atoms with Crippen molar-refractivity contribution in [2.45, 2.75) is 18.4 Å². The van der Waals surface area contributed by atoms with Crippen LogP contribution in [0.5, 0.6) is 0 Å². The number of carbonyl (C=O) groups excluding carboxylic acids is 1. The average Bonchev–Trinajstić information content (AvgIpc) is 2.96. The molecule has 2 aromatic carbocycles. The summed E-state index contributed by atoms with van der Waals surface area (Å²) in [7, 11) is 0. The molecule has 28 heavy (non-hydrogen) atoms. The number of ether oxygens (including phenoxy) is 1. The quantitative estimate of drug-likeness (QED) is 0.543. The topological polar surface area (TPSA) is 38.3 Å². The Kier molecular flexibility index (Phi) is 4.78. The van der Waals surface area contributed by atoms with Crippen LogP contribution >= 0.6 is 23.2 Å². The summed E-state index contributed by atoms with van der Waals surface area (Å²) < 4.78 is 46.6. The summed E-state index contributed by atoms with van der Waals surface area (Å²) in [4.78, 5) is 12.6. The number of ketones is 1. The van der Waals surface area contributed by atoms with Gasteiger partial charge >= 0.3 is 6.18 Å². The van der Waals surface area contributed by atoms with Crippen molar-refractivity contribution in [2.24, 2.45) is 0 Å². The van der Waals surface area contributed by atoms with Gasteiger partial charge in [-0.2, -0.15) is 13.2 Å². The molecule has 4 rings (SSSR count). The molecule has 1 fully saturated rings. The molecule has 2 heterocycles. The van der Waals surface area contributed by atoms with Crippen molar-refractivity contribution in [3.05, 3.63) is 74.8 Å². The molecule has 1 saturated heterocycles. The first kappa shape index (κ1) is 19.5. The predicted molar refractivity (Wildman–Crippen MR) is 101 cm³/mol. The maximum Gasteiger partial charge on any atom is 0.417 e. The van der Waals surface area contributed by atoms with Gasteiger partial charge < -0.3 is 10.1 Å². The number of hydrogen-bond donors (Lipinski definition) is 1. The molecular weight excluding hydrogens is 414 g/mol. The van der Waals surface area contributed by atoms with E-state index in [9.17, 15) is 18.0 Å². The lowest BCUT2D eigenvalue weighted by Crippen LogP contribution is -2.56. The highest BCUT2D eigenvalue weighted by Crippen LogP contribution is 2.40. The van der Waals surface area contributed by atoms with Gasteiger partial charge in [0.2, 0.25) is 0 Å². The van der Waals surface area contributed by atoms with E-state index in [1.165, 1.54) is 12.1 Å². The molecule has 2 aliphatic rings. The fraction of sp³-hybridized carbons (Fsp3) is 0.250. The molecule has 0 aliphatic carbocycles. The molecule has 0 atom stereocenters. The van der Waals surface area contributed by atoms with Crippen LogP contribution < -0.4 is 5.32 Å². The van der Waals surface area contributed by atoms with E-state index >= 15 is 0 Å². The minimum atomic E-state index is -4.74. The molecule has 1 N–H and O–H groups in total. The molecule has 146 valence electrons. The number of halogens is 5. The van der Waals surface area contributed by atoms with Crippen LogP contribution in [0.1, 0.15) is 27.0 Å². The maximum absolute atomic E-state index is 13.6. The molecule has 0 aromatic heterocycles. The van der Waals surface area contributed by atoms with Crippen molar-refractivity contribution in [1.82, 2.24) is 5.32 Å². The van der Waals surface area contributed by atoms with Gasteiger partial charge in [0.25, 0.3) is 0 Å². The van der Waals surface area contributed by atoms with Crippen LogP contribution in [0, 0.1) is 0 Å². The summed E-state index contributed by atoms with van der Waals surface area (Å²) >= 11 is 11.6. The average molecular weight is 428 g/mol. The van der Waals surface area contributed by atoms with Gasteiger partial charge in [-0.1, -0.05) is 35.3 Å². The van der Waals surface area contributed by atoms with E-state index in [-0.39, 0.29) is 26.8 Å². The molecule has 0 radical (unpaired) electrons. The lowest BCUT2D eigenvalue weighted by molar-refractivity contribution is -0.0746. The van der Waals surface area contributed by atoms with E-state index in [1.54, 1.807) is 12.1 Å². The van der Waals surface area contributed by atoms with Gasteiger partial charge in [0.1, 0.15) is 5.60 Å². The van der Waals surface area contributed by atoms with Crippen LogP contribution in [0.15, 0.2) is 42.5 Å². The molecule has 8 heteroatoms. The van der Waals surface area contributed by atoms with E-state index < -0.39 is 17.5 Å². The zero-order valence-corrected chi connectivity index (χ0v) is 15.9. The highest BCUT2D eigenvalue weighted by molar-refractivity contribution is 6.35. The van der Waals surface area contributed by atoms with Gasteiger partial charge in [0.05, 0.1) is 12.2 Å². The fourth-order valence-corrected chi connectivity index (χ4v) is 4.03. The van der Waals surface area contributed by atoms with Crippen molar-refractivity contribution in [3.8, 4) is 0 Å². The number of hydrogen-bond acceptors (Lipinski definition) is 3. The van der Waals surface area contributed by atoms with E-state index in [4.69, 9.17) is 27.9 Å². The lowest BCUT2D eigenvalue weighted by Gasteiger charge is -2.39. The zero-order chi connectivity index (χ0) is 20.1. The SMILES string of the molecule is O=C(/C=C(\c1cc(Cl)cc(Cl)c1)C(F)(F)F)c1ccc2c(c1)COC21CNC1. The second-order valence-electron chi connectivity index (χ2n) is 6.84. The van der Waals surface area contributed by atoms with Crippen LogP contribution in [0.3, 0.4) is 0 Å². The number of rotatable bonds is 3. The Morgan fingerprint density at radius 2 is 1.75 bits per heavy atom. The zero-order valence-electron chi connectivity index (χ0n) is 14.4. The van der Waals surface area contributed by atoms with Crippen molar-refractivity contribution in [2.75, 3.05) is 13.1 Å². The summed E-state index contributed by atoms with van der Waals surface area (Å²) in [5, 5.41) is 3.25. The Labute approximate surface area is 169 Å². The van der Waals surface area contributed by atoms with Gasteiger partial charge in [0, 0.05) is 28.7 Å². The Morgan fingerprint density at radius 3 is 2.32 bits per heavy atom. The Bertz CT molecular complexity index is 977. The van der Waals surface area contributed by atoms with Crippen molar-refractivity contribution in [1.29, 1.82) is 0 Å². The van der Waals surface area contributed by atoms with E-state index in [0.717, 1.165) is 23.3 Å². The number of nitrogens with one attached hydrogen (secondary N) is 1. The van der Waals surface area contributed by atoms with Crippen LogP contribution in [0.25, 0.3) is 5.57 Å². The summed E-state index contributed by atoms with van der Waals surface area (Å²) in [5.41, 5.74) is 0.230. The van der Waals surface area contributed by atoms with Crippen LogP contribution in [0.4, 0.5) is 13.2 Å². The standard InChI is InChI=1S/C20H14Cl2F3NO2/c21-14-4-12(5-15(22)6-14)17(20(23,24)25)7-18(27)11-1-2-16-13(3-11)8-28-19(16)9-26-10-19/h1-7,26H,8-10H2/b17-7+. The van der Waals surface area contributed by atoms with Crippen molar-refractivity contribution < 1.29 is 22.7 Å². The fourth-order valence-electron chi connectivity index (χ4n) is 3.50. The van der Waals surface area contributed by atoms with Gasteiger partial charge in [0.15, 0.2) is 5.78 Å². The first-order chi connectivity index (χ1) is 13.2. The summed E-state index contributed by atoms with van der Waals surface area (Å²) in [6, 6.07) is 8.47. The number of benzene rings is 2. The second kappa shape index (κ2) is 6.88. The highest BCUT2D eigenvalue weighted by Gasteiger charge is 2.45. The lowest BCUT2D eigenvalue weighted by atomic mass is 9.86. The third-order valence-electron chi connectivity index (χ3n) is 4.96. The first-order valence-corrected chi connectivity index (χ1v) is 9.21. The van der Waals surface area contributed by atoms with Gasteiger partial charge in [-0.05, 0) is 47.0 Å². The largest absolute Gasteiger partial charge is 0.417 e. The molecule has 0 saturated carbocycles. The minimum Gasteiger partial charge on any atom is -0.363 e. The van der Waals surface area contributed by atoms with E-state index in [1.807, 2.05) is 0 Å². The molecule has 0 unspecified atom stereocenters. The Balaban J connectivity index is 1.70. The summed E-state index contributed by atoms with van der Waals surface area (Å²) in [6.45, 7) is 1.69. The Hall–Kier alpha value is -1.86. The Morgan fingerprint density at radius 1 is 1.07 bits per heavy atom. The van der Waals surface area contributed by atoms with Crippen molar-refractivity contribution >= 4 is 34.6 Å². The summed E-state index contributed by atoms with van der Waals surface area (Å²) in [5.74, 6) is -0.751. The molecule has 2 aromatic rings.